The second-order valence-electron chi connectivity index (χ2n) is 6.39. The second kappa shape index (κ2) is 7.39. The Balaban J connectivity index is 0.00000169. The van der Waals surface area contributed by atoms with Crippen LogP contribution in [0.15, 0.2) is 48.5 Å². The quantitative estimate of drug-likeness (QED) is 0.603. The van der Waals surface area contributed by atoms with E-state index in [1.54, 1.807) is 0 Å². The molecule has 126 valence electrons. The van der Waals surface area contributed by atoms with Crippen LogP contribution < -0.4 is 17.7 Å². The van der Waals surface area contributed by atoms with Crippen LogP contribution in [0.1, 0.15) is 30.1 Å². The molecule has 0 saturated carbocycles. The van der Waals surface area contributed by atoms with Crippen LogP contribution in [0.25, 0.3) is 22.0 Å². The Kier molecular flexibility index (Phi) is 5.24. The predicted molar refractivity (Wildman–Crippen MR) is 93.3 cm³/mol. The SMILES string of the molecule is OCC[NH2+]C1CCCc2c1[nH]c1ccc(-c3ccccc3)cc21.[Cl-]. The van der Waals surface area contributed by atoms with Crippen LogP contribution in [0.4, 0.5) is 0 Å². The number of nitrogens with two attached hydrogens (primary N) is 1. The molecule has 0 radical (unpaired) electrons. The van der Waals surface area contributed by atoms with Crippen molar-refractivity contribution in [2.24, 2.45) is 0 Å². The van der Waals surface area contributed by atoms with Gasteiger partial charge in [0.05, 0.1) is 18.8 Å². The van der Waals surface area contributed by atoms with Gasteiger partial charge >= 0.3 is 0 Å². The average molecular weight is 343 g/mol. The smallest absolute Gasteiger partial charge is 0.127 e. The molecule has 0 bridgehead atoms. The van der Waals surface area contributed by atoms with Crippen molar-refractivity contribution < 1.29 is 22.8 Å². The molecule has 0 saturated heterocycles. The van der Waals surface area contributed by atoms with Gasteiger partial charge in [-0.15, -0.1) is 0 Å². The normalized spacial score (nSPS) is 16.6. The molecule has 4 heteroatoms. The van der Waals surface area contributed by atoms with Crippen molar-refractivity contribution in [3.63, 3.8) is 0 Å². The Labute approximate surface area is 148 Å². The van der Waals surface area contributed by atoms with Gasteiger partial charge in [0.15, 0.2) is 0 Å². The van der Waals surface area contributed by atoms with Gasteiger partial charge in [0.2, 0.25) is 0 Å². The van der Waals surface area contributed by atoms with Gasteiger partial charge in [0.1, 0.15) is 6.04 Å². The molecule has 1 atom stereocenters. The minimum atomic E-state index is 0. The molecule has 1 aromatic heterocycles. The summed E-state index contributed by atoms with van der Waals surface area (Å²) in [6, 6.07) is 17.8. The van der Waals surface area contributed by atoms with E-state index in [2.05, 4.69) is 58.8 Å². The number of aliphatic hydroxyl groups is 1. The van der Waals surface area contributed by atoms with E-state index in [-0.39, 0.29) is 19.0 Å². The third-order valence-electron chi connectivity index (χ3n) is 4.94. The lowest BCUT2D eigenvalue weighted by Crippen LogP contribution is -3.00. The molecule has 24 heavy (non-hydrogen) atoms. The molecule has 0 amide bonds. The van der Waals surface area contributed by atoms with Gasteiger partial charge in [-0.2, -0.15) is 0 Å². The highest BCUT2D eigenvalue weighted by Gasteiger charge is 2.26. The zero-order valence-corrected chi connectivity index (χ0v) is 14.4. The summed E-state index contributed by atoms with van der Waals surface area (Å²) in [7, 11) is 0. The maximum Gasteiger partial charge on any atom is 0.127 e. The Morgan fingerprint density at radius 2 is 1.92 bits per heavy atom. The van der Waals surface area contributed by atoms with E-state index in [1.807, 2.05) is 0 Å². The first kappa shape index (κ1) is 17.0. The summed E-state index contributed by atoms with van der Waals surface area (Å²) >= 11 is 0. The molecule has 0 fully saturated rings. The van der Waals surface area contributed by atoms with E-state index in [4.69, 9.17) is 5.11 Å². The van der Waals surface area contributed by atoms with Crippen molar-refractivity contribution in [1.82, 2.24) is 4.98 Å². The molecule has 1 aliphatic carbocycles. The molecular formula is C20H23ClN2O. The fraction of sp³-hybridized carbons (Fsp3) is 0.300. The van der Waals surface area contributed by atoms with Crippen LogP contribution in [0.3, 0.4) is 0 Å². The summed E-state index contributed by atoms with van der Waals surface area (Å²) in [5, 5.41) is 12.7. The Bertz CT molecular complexity index is 813. The number of aliphatic hydroxyl groups excluding tert-OH is 1. The molecule has 0 aliphatic heterocycles. The third kappa shape index (κ3) is 3.07. The number of H-pyrrole nitrogens is 1. The number of benzene rings is 2. The minimum absolute atomic E-state index is 0. The zero-order chi connectivity index (χ0) is 15.6. The number of halogens is 1. The van der Waals surface area contributed by atoms with Crippen molar-refractivity contribution in [2.75, 3.05) is 13.2 Å². The van der Waals surface area contributed by atoms with Gasteiger partial charge in [-0.3, -0.25) is 0 Å². The van der Waals surface area contributed by atoms with Crippen molar-refractivity contribution in [3.8, 4) is 11.1 Å². The van der Waals surface area contributed by atoms with E-state index >= 15 is 0 Å². The van der Waals surface area contributed by atoms with Gasteiger partial charge in [-0.05, 0) is 41.7 Å². The van der Waals surface area contributed by atoms with Crippen molar-refractivity contribution in [2.45, 2.75) is 25.3 Å². The Morgan fingerprint density at radius 1 is 1.08 bits per heavy atom. The molecule has 0 spiro atoms. The van der Waals surface area contributed by atoms with Crippen LogP contribution in [-0.4, -0.2) is 23.2 Å². The molecule has 3 aromatic rings. The van der Waals surface area contributed by atoms with Crippen molar-refractivity contribution in [1.29, 1.82) is 0 Å². The minimum Gasteiger partial charge on any atom is -1.00 e. The first-order chi connectivity index (χ1) is 11.4. The third-order valence-corrected chi connectivity index (χ3v) is 4.94. The van der Waals surface area contributed by atoms with Crippen LogP contribution >= 0.6 is 0 Å². The number of aromatic amines is 1. The van der Waals surface area contributed by atoms with Crippen LogP contribution in [-0.2, 0) is 6.42 Å². The number of aromatic nitrogens is 1. The number of rotatable bonds is 4. The summed E-state index contributed by atoms with van der Waals surface area (Å²) in [5.74, 6) is 0. The molecule has 4 rings (SSSR count). The average Bonchev–Trinajstić information content (AvgIpc) is 2.99. The highest BCUT2D eigenvalue weighted by molar-refractivity contribution is 5.89. The summed E-state index contributed by atoms with van der Waals surface area (Å²) in [5.41, 5.74) is 6.62. The number of aryl methyl sites for hydroxylation is 1. The summed E-state index contributed by atoms with van der Waals surface area (Å²) < 4.78 is 0. The molecule has 3 nitrogen and oxygen atoms in total. The molecular weight excluding hydrogens is 320 g/mol. The Morgan fingerprint density at radius 3 is 2.71 bits per heavy atom. The van der Waals surface area contributed by atoms with Crippen molar-refractivity contribution in [3.05, 3.63) is 59.8 Å². The first-order valence-electron chi connectivity index (χ1n) is 8.51. The lowest BCUT2D eigenvalue weighted by molar-refractivity contribution is -0.698. The van der Waals surface area contributed by atoms with E-state index in [0.717, 1.165) is 13.0 Å². The topological polar surface area (TPSA) is 52.6 Å². The number of fused-ring (bicyclic) bond motifs is 3. The standard InChI is InChI=1S/C20H22N2O.ClH/c23-12-11-21-19-8-4-7-16-17-13-15(14-5-2-1-3-6-14)9-10-18(17)22-20(16)19;/h1-3,5-6,9-10,13,19,21-23H,4,7-8,11-12H2;1H. The van der Waals surface area contributed by atoms with E-state index in [1.165, 1.54) is 46.1 Å². The highest BCUT2D eigenvalue weighted by Crippen LogP contribution is 2.35. The number of quaternary nitrogens is 1. The summed E-state index contributed by atoms with van der Waals surface area (Å²) in [4.78, 5) is 3.64. The second-order valence-corrected chi connectivity index (χ2v) is 6.39. The zero-order valence-electron chi connectivity index (χ0n) is 13.6. The fourth-order valence-electron chi connectivity index (χ4n) is 3.82. The molecule has 1 heterocycles. The molecule has 1 unspecified atom stereocenters. The van der Waals surface area contributed by atoms with E-state index in [0.29, 0.717) is 6.04 Å². The Hall–Kier alpha value is -1.81. The lowest BCUT2D eigenvalue weighted by Gasteiger charge is -2.20. The summed E-state index contributed by atoms with van der Waals surface area (Å²) in [6.07, 6.45) is 3.56. The molecule has 1 aliphatic rings. The first-order valence-corrected chi connectivity index (χ1v) is 8.51. The number of hydrogen-bond acceptors (Lipinski definition) is 1. The largest absolute Gasteiger partial charge is 1.00 e. The van der Waals surface area contributed by atoms with Gasteiger partial charge in [0.25, 0.3) is 0 Å². The van der Waals surface area contributed by atoms with Gasteiger partial charge in [0, 0.05) is 17.3 Å². The van der Waals surface area contributed by atoms with Crippen LogP contribution in [0.5, 0.6) is 0 Å². The summed E-state index contributed by atoms with van der Waals surface area (Å²) in [6.45, 7) is 1.01. The predicted octanol–water partition coefficient (Wildman–Crippen LogP) is -0.228. The van der Waals surface area contributed by atoms with Crippen LogP contribution in [0, 0.1) is 0 Å². The number of nitrogens with one attached hydrogen (secondary N) is 1. The molecule has 2 aromatic carbocycles. The van der Waals surface area contributed by atoms with Gasteiger partial charge in [-0.1, -0.05) is 36.4 Å². The maximum absolute atomic E-state index is 9.11. The lowest BCUT2D eigenvalue weighted by atomic mass is 9.91. The van der Waals surface area contributed by atoms with E-state index in [9.17, 15) is 0 Å². The van der Waals surface area contributed by atoms with Crippen molar-refractivity contribution >= 4 is 10.9 Å². The van der Waals surface area contributed by atoms with Gasteiger partial charge in [-0.25, -0.2) is 0 Å². The fourth-order valence-corrected chi connectivity index (χ4v) is 3.82. The van der Waals surface area contributed by atoms with Gasteiger partial charge < -0.3 is 27.8 Å². The number of hydrogen-bond donors (Lipinski definition) is 3. The van der Waals surface area contributed by atoms with E-state index < -0.39 is 0 Å². The maximum atomic E-state index is 9.11. The molecule has 4 N–H and O–H groups in total. The van der Waals surface area contributed by atoms with Crippen LogP contribution in [0.2, 0.25) is 0 Å². The monoisotopic (exact) mass is 342 g/mol. The highest BCUT2D eigenvalue weighted by atomic mass is 35.5.